The summed E-state index contributed by atoms with van der Waals surface area (Å²) < 4.78 is 30.0. The summed E-state index contributed by atoms with van der Waals surface area (Å²) in [5.41, 5.74) is 0.142. The van der Waals surface area contributed by atoms with Crippen LogP contribution in [0.25, 0.3) is 0 Å². The lowest BCUT2D eigenvalue weighted by molar-refractivity contribution is -0.366. The van der Waals surface area contributed by atoms with Crippen molar-refractivity contribution in [3.63, 3.8) is 0 Å². The van der Waals surface area contributed by atoms with E-state index in [9.17, 15) is 40.2 Å². The highest BCUT2D eigenvalue weighted by Gasteiger charge is 2.70. The summed E-state index contributed by atoms with van der Waals surface area (Å²) in [6.07, 6.45) is -2.01. The van der Waals surface area contributed by atoms with E-state index in [1.54, 1.807) is 0 Å². The third kappa shape index (κ3) is 6.93. The van der Waals surface area contributed by atoms with Crippen molar-refractivity contribution in [1.82, 2.24) is 0 Å². The Bertz CT molecular complexity index is 1580. The minimum Gasteiger partial charge on any atom is -0.481 e. The van der Waals surface area contributed by atoms with Crippen molar-refractivity contribution in [3.8, 4) is 0 Å². The van der Waals surface area contributed by atoms with Crippen LogP contribution in [0, 0.1) is 50.2 Å². The molecule has 0 radical (unpaired) electrons. The maximum atomic E-state index is 13.2. The van der Waals surface area contributed by atoms with Gasteiger partial charge in [0.05, 0.1) is 24.7 Å². The number of unbranched alkanes of at least 4 members (excludes halogenated alkanes) is 1. The number of hydrogen-bond donors (Lipinski definition) is 6. The smallest absolute Gasteiger partial charge is 0.338 e. The molecular weight excluding hydrogens is 748 g/mol. The largest absolute Gasteiger partial charge is 0.481 e. The fourth-order valence-electron chi connectivity index (χ4n) is 13.7. The van der Waals surface area contributed by atoms with Gasteiger partial charge in [0.1, 0.15) is 36.6 Å². The van der Waals surface area contributed by atoms with E-state index in [1.165, 1.54) is 5.57 Å². The van der Waals surface area contributed by atoms with Crippen LogP contribution in [0.3, 0.4) is 0 Å². The predicted molar refractivity (Wildman–Crippen MR) is 211 cm³/mol. The lowest BCUT2D eigenvalue weighted by Gasteiger charge is -2.71. The van der Waals surface area contributed by atoms with Crippen molar-refractivity contribution in [2.75, 3.05) is 13.2 Å². The molecule has 0 aromatic heterocycles. The first-order chi connectivity index (χ1) is 27.1. The predicted octanol–water partition coefficient (Wildman–Crippen LogP) is 4.87. The standard InChI is InChI=1S/C45H72O13/c1-9-10-21-54-36(51)34-31(48)32(49)35(58-37-33(50)30(47)26(46)23-55-37)38(57-34)56-29-14-15-42(6)27(41(29,4)5)13-16-44(8)28(42)12-11-24-25-22-40(2,3)17-19-45(25,39(52)53)20-18-43(24,44)7/h11,25-35,37-38,46-50H,9-10,12-23H2,1-8H3,(H,52,53)/t25-,26+,27+,28-,29+,30+,31+,32+,33-,34+,35-,37+,38-,42+,43-,44-,45+/m1/s1. The number of aliphatic hydroxyl groups is 5. The molecule has 6 N–H and O–H groups in total. The van der Waals surface area contributed by atoms with Crippen LogP contribution in [0.2, 0.25) is 0 Å². The average molecular weight is 821 g/mol. The van der Waals surface area contributed by atoms with E-state index in [1.807, 2.05) is 6.92 Å². The van der Waals surface area contributed by atoms with Crippen molar-refractivity contribution in [2.45, 2.75) is 194 Å². The van der Waals surface area contributed by atoms with Gasteiger partial charge in [-0.3, -0.25) is 4.79 Å². The number of carbonyl (C=O) groups is 2. The molecule has 17 atom stereocenters. The first kappa shape index (κ1) is 44.4. The molecule has 13 nitrogen and oxygen atoms in total. The van der Waals surface area contributed by atoms with Crippen molar-refractivity contribution in [2.24, 2.45) is 50.2 Å². The summed E-state index contributed by atoms with van der Waals surface area (Å²) in [7, 11) is 0. The van der Waals surface area contributed by atoms with Crippen LogP contribution in [-0.2, 0) is 33.3 Å². The Balaban J connectivity index is 1.15. The number of allylic oxidation sites excluding steroid dienone is 2. The van der Waals surface area contributed by atoms with Crippen LogP contribution >= 0.6 is 0 Å². The number of aliphatic carboxylic acids is 1. The molecule has 2 heterocycles. The minimum atomic E-state index is -1.75. The van der Waals surface area contributed by atoms with Gasteiger partial charge < -0.3 is 54.3 Å². The monoisotopic (exact) mass is 820 g/mol. The lowest BCUT2D eigenvalue weighted by atomic mass is 9.33. The average Bonchev–Trinajstić information content (AvgIpc) is 3.15. The molecule has 5 aliphatic carbocycles. The zero-order chi connectivity index (χ0) is 42.4. The Morgan fingerprint density at radius 3 is 2.21 bits per heavy atom. The number of fused-ring (bicyclic) bond motifs is 7. The highest BCUT2D eigenvalue weighted by Crippen LogP contribution is 2.76. The molecule has 13 heteroatoms. The minimum absolute atomic E-state index is 0.0334. The van der Waals surface area contributed by atoms with Gasteiger partial charge in [-0.25, -0.2) is 4.79 Å². The number of rotatable bonds is 9. The zero-order valence-electron chi connectivity index (χ0n) is 36.0. The second-order valence-corrected chi connectivity index (χ2v) is 21.4. The molecule has 0 amide bonds. The van der Waals surface area contributed by atoms with E-state index in [-0.39, 0.29) is 46.7 Å². The quantitative estimate of drug-likeness (QED) is 0.0797. The van der Waals surface area contributed by atoms with E-state index < -0.39 is 84.2 Å². The molecule has 7 aliphatic rings. The molecule has 6 fully saturated rings. The normalized spacial score (nSPS) is 49.6. The van der Waals surface area contributed by atoms with Gasteiger partial charge in [-0.2, -0.15) is 0 Å². The number of carbonyl (C=O) groups excluding carboxylic acids is 1. The van der Waals surface area contributed by atoms with Crippen LogP contribution in [-0.4, -0.2) is 117 Å². The van der Waals surface area contributed by atoms with Crippen molar-refractivity contribution in [3.05, 3.63) is 11.6 Å². The lowest BCUT2D eigenvalue weighted by Crippen LogP contribution is -2.67. The van der Waals surface area contributed by atoms with Crippen molar-refractivity contribution in [1.29, 1.82) is 0 Å². The number of ether oxygens (including phenoxy) is 5. The van der Waals surface area contributed by atoms with Gasteiger partial charge in [-0.15, -0.1) is 0 Å². The van der Waals surface area contributed by atoms with Gasteiger partial charge in [0.2, 0.25) is 0 Å². The van der Waals surface area contributed by atoms with Gasteiger partial charge in [0.15, 0.2) is 18.7 Å². The molecule has 7 rings (SSSR count). The Hall–Kier alpha value is -1.68. The van der Waals surface area contributed by atoms with Gasteiger partial charge in [0, 0.05) is 0 Å². The zero-order valence-corrected chi connectivity index (χ0v) is 36.0. The summed E-state index contributed by atoms with van der Waals surface area (Å²) in [4.78, 5) is 26.3. The molecule has 0 unspecified atom stereocenters. The summed E-state index contributed by atoms with van der Waals surface area (Å²) >= 11 is 0. The molecule has 58 heavy (non-hydrogen) atoms. The second kappa shape index (κ2) is 15.6. The highest BCUT2D eigenvalue weighted by atomic mass is 16.8. The number of hydrogen-bond acceptors (Lipinski definition) is 12. The molecule has 2 aliphatic heterocycles. The fourth-order valence-corrected chi connectivity index (χ4v) is 13.7. The number of carboxylic acid groups (broad SMARTS) is 1. The van der Waals surface area contributed by atoms with E-state index in [0.29, 0.717) is 25.2 Å². The van der Waals surface area contributed by atoms with E-state index in [0.717, 1.165) is 57.8 Å². The van der Waals surface area contributed by atoms with Crippen LogP contribution < -0.4 is 0 Å². The van der Waals surface area contributed by atoms with Crippen molar-refractivity contribution < 1.29 is 63.9 Å². The summed E-state index contributed by atoms with van der Waals surface area (Å²) in [6.45, 7) is 18.1. The van der Waals surface area contributed by atoms with E-state index >= 15 is 0 Å². The van der Waals surface area contributed by atoms with Crippen LogP contribution in [0.5, 0.6) is 0 Å². The molecular formula is C45H72O13. The van der Waals surface area contributed by atoms with E-state index in [4.69, 9.17) is 23.7 Å². The van der Waals surface area contributed by atoms with Gasteiger partial charge >= 0.3 is 11.9 Å². The molecule has 2 saturated heterocycles. The van der Waals surface area contributed by atoms with Crippen LogP contribution in [0.4, 0.5) is 0 Å². The molecule has 0 aromatic carbocycles. The van der Waals surface area contributed by atoms with Crippen LogP contribution in [0.1, 0.15) is 132 Å². The molecule has 0 spiro atoms. The Labute approximate surface area is 344 Å². The molecule has 0 aromatic rings. The summed E-state index contributed by atoms with van der Waals surface area (Å²) in [5.74, 6) is -0.847. The van der Waals surface area contributed by atoms with E-state index in [2.05, 4.69) is 54.5 Å². The molecule has 4 saturated carbocycles. The first-order valence-electron chi connectivity index (χ1n) is 22.2. The first-order valence-corrected chi connectivity index (χ1v) is 22.2. The summed E-state index contributed by atoms with van der Waals surface area (Å²) in [5, 5.41) is 64.6. The number of esters is 1. The van der Waals surface area contributed by atoms with Gasteiger partial charge in [0.25, 0.3) is 0 Å². The Kier molecular flexibility index (Phi) is 11.9. The number of aliphatic hydroxyl groups excluding tert-OH is 5. The SMILES string of the molecule is CCCCOC(=O)[C@H]1O[C@@H](O[C@H]2CC[C@]3(C)[C@H]4CC=C5[C@H]6CC(C)(C)CC[C@]6(C(=O)O)CC[C@@]5(C)[C@]4(C)CC[C@H]3C2(C)C)[C@H](O[C@@H]2OC[C@H](O)[C@H](O)[C@H]2O)[C@@H](O)[C@@H]1O. The second-order valence-electron chi connectivity index (χ2n) is 21.4. The van der Waals surface area contributed by atoms with Gasteiger partial charge in [-0.05, 0) is 115 Å². The fraction of sp³-hybridized carbons (Fsp3) is 0.911. The summed E-state index contributed by atoms with van der Waals surface area (Å²) in [6, 6.07) is 0. The highest BCUT2D eigenvalue weighted by molar-refractivity contribution is 5.77. The third-order valence-electron chi connectivity index (χ3n) is 17.6. The van der Waals surface area contributed by atoms with Gasteiger partial charge in [-0.1, -0.05) is 73.5 Å². The maximum absolute atomic E-state index is 13.2. The topological polar surface area (TPSA) is 202 Å². The van der Waals surface area contributed by atoms with Crippen LogP contribution in [0.15, 0.2) is 11.6 Å². The Morgan fingerprint density at radius 2 is 1.52 bits per heavy atom. The third-order valence-corrected chi connectivity index (χ3v) is 17.6. The Morgan fingerprint density at radius 1 is 0.810 bits per heavy atom. The molecule has 0 bridgehead atoms. The van der Waals surface area contributed by atoms with Crippen molar-refractivity contribution >= 4 is 11.9 Å². The maximum Gasteiger partial charge on any atom is 0.338 e. The molecule has 330 valence electrons. The number of carboxylic acids is 1.